The van der Waals surface area contributed by atoms with Crippen LogP contribution in [0.5, 0.6) is 0 Å². The van der Waals surface area contributed by atoms with Gasteiger partial charge in [0.1, 0.15) is 6.10 Å². The molecule has 2 unspecified atom stereocenters. The van der Waals surface area contributed by atoms with Crippen molar-refractivity contribution in [1.29, 1.82) is 0 Å². The maximum Gasteiger partial charge on any atom is 0.102 e. The van der Waals surface area contributed by atoms with Gasteiger partial charge in [-0.05, 0) is 11.4 Å². The van der Waals surface area contributed by atoms with Crippen LogP contribution in [0.15, 0.2) is 11.4 Å². The van der Waals surface area contributed by atoms with Crippen molar-refractivity contribution in [2.45, 2.75) is 12.1 Å². The number of halogens is 1. The molecule has 84 valence electrons. The minimum atomic E-state index is -0.0993. The summed E-state index contributed by atoms with van der Waals surface area (Å²) in [5.74, 6) is 5.53. The second kappa shape index (κ2) is 5.25. The van der Waals surface area contributed by atoms with Gasteiger partial charge in [0.25, 0.3) is 0 Å². The lowest BCUT2D eigenvalue weighted by atomic mass is 10.1. The zero-order valence-corrected chi connectivity index (χ0v) is 9.68. The number of rotatable bonds is 3. The summed E-state index contributed by atoms with van der Waals surface area (Å²) in [6, 6.07) is 1.76. The fourth-order valence-electron chi connectivity index (χ4n) is 1.58. The van der Waals surface area contributed by atoms with Gasteiger partial charge in [-0.25, -0.2) is 5.43 Å². The topological polar surface area (TPSA) is 56.5 Å². The molecule has 1 fully saturated rings. The molecule has 1 saturated heterocycles. The quantitative estimate of drug-likeness (QED) is 0.626. The third-order valence-corrected chi connectivity index (χ3v) is 3.76. The van der Waals surface area contributed by atoms with Crippen LogP contribution in [0.2, 0.25) is 5.02 Å². The largest absolute Gasteiger partial charge is 0.376 e. The summed E-state index contributed by atoms with van der Waals surface area (Å²) >= 11 is 7.62. The van der Waals surface area contributed by atoms with Crippen LogP contribution in [0.3, 0.4) is 0 Å². The highest BCUT2D eigenvalue weighted by atomic mass is 35.5. The summed E-state index contributed by atoms with van der Waals surface area (Å²) in [5.41, 5.74) is 2.74. The summed E-state index contributed by atoms with van der Waals surface area (Å²) < 4.78 is 10.9. The lowest BCUT2D eigenvalue weighted by Crippen LogP contribution is -2.43. The molecule has 1 aliphatic heterocycles. The summed E-state index contributed by atoms with van der Waals surface area (Å²) in [6.07, 6.45) is -0.0695. The fraction of sp³-hybridized carbons (Fsp3) is 0.556. The fourth-order valence-corrected chi connectivity index (χ4v) is 2.86. The van der Waals surface area contributed by atoms with Crippen LogP contribution >= 0.6 is 22.9 Å². The van der Waals surface area contributed by atoms with Crippen molar-refractivity contribution < 1.29 is 9.47 Å². The first kappa shape index (κ1) is 11.3. The van der Waals surface area contributed by atoms with Crippen LogP contribution in [-0.2, 0) is 9.47 Å². The predicted octanol–water partition coefficient (Wildman–Crippen LogP) is 1.32. The summed E-state index contributed by atoms with van der Waals surface area (Å²) in [6.45, 7) is 1.79. The van der Waals surface area contributed by atoms with Crippen molar-refractivity contribution in [3.63, 3.8) is 0 Å². The van der Waals surface area contributed by atoms with Gasteiger partial charge in [0, 0.05) is 4.88 Å². The molecule has 0 bridgehead atoms. The van der Waals surface area contributed by atoms with Crippen LogP contribution < -0.4 is 11.3 Å². The average Bonchev–Trinajstić information content (AvgIpc) is 2.68. The molecule has 0 aliphatic carbocycles. The number of nitrogens with one attached hydrogen (secondary N) is 1. The molecule has 6 heteroatoms. The Labute approximate surface area is 97.3 Å². The van der Waals surface area contributed by atoms with E-state index in [4.69, 9.17) is 26.9 Å². The number of hydrogen-bond acceptors (Lipinski definition) is 5. The van der Waals surface area contributed by atoms with Gasteiger partial charge in [-0.1, -0.05) is 11.6 Å². The van der Waals surface area contributed by atoms with Gasteiger partial charge in [0.05, 0.1) is 30.9 Å². The summed E-state index contributed by atoms with van der Waals surface area (Å²) in [7, 11) is 0. The molecular weight excluding hydrogens is 236 g/mol. The molecule has 1 aromatic heterocycles. The van der Waals surface area contributed by atoms with Crippen LogP contribution in [0, 0.1) is 0 Å². The highest BCUT2D eigenvalue weighted by Gasteiger charge is 2.28. The van der Waals surface area contributed by atoms with Crippen molar-refractivity contribution in [3.8, 4) is 0 Å². The van der Waals surface area contributed by atoms with Gasteiger partial charge in [0.15, 0.2) is 0 Å². The number of hydrazine groups is 1. The van der Waals surface area contributed by atoms with Gasteiger partial charge in [-0.15, -0.1) is 11.3 Å². The number of hydrogen-bond donors (Lipinski definition) is 2. The predicted molar refractivity (Wildman–Crippen MR) is 60.0 cm³/mol. The van der Waals surface area contributed by atoms with Crippen molar-refractivity contribution in [1.82, 2.24) is 5.43 Å². The molecule has 0 radical (unpaired) electrons. The molecule has 2 heterocycles. The maximum atomic E-state index is 6.05. The minimum Gasteiger partial charge on any atom is -0.376 e. The Morgan fingerprint density at radius 2 is 2.47 bits per heavy atom. The third-order valence-electron chi connectivity index (χ3n) is 2.32. The third kappa shape index (κ3) is 2.50. The molecule has 1 aliphatic rings. The van der Waals surface area contributed by atoms with Gasteiger partial charge in [-0.3, -0.25) is 5.84 Å². The van der Waals surface area contributed by atoms with E-state index in [-0.39, 0.29) is 12.1 Å². The SMILES string of the molecule is NNC(c1sccc1Cl)C1COCCO1. The Kier molecular flexibility index (Phi) is 3.96. The molecule has 0 spiro atoms. The van der Waals surface area contributed by atoms with E-state index in [9.17, 15) is 0 Å². The highest BCUT2D eigenvalue weighted by Crippen LogP contribution is 2.31. The Hall–Kier alpha value is -0.170. The van der Waals surface area contributed by atoms with Crippen LogP contribution in [-0.4, -0.2) is 25.9 Å². The first-order valence-electron chi connectivity index (χ1n) is 4.71. The van der Waals surface area contributed by atoms with E-state index in [1.165, 1.54) is 0 Å². The number of nitrogens with two attached hydrogens (primary N) is 1. The molecule has 0 saturated carbocycles. The Bertz CT molecular complexity index is 315. The minimum absolute atomic E-state index is 0.0695. The first-order valence-corrected chi connectivity index (χ1v) is 5.97. The zero-order valence-electron chi connectivity index (χ0n) is 8.11. The molecule has 0 amide bonds. The monoisotopic (exact) mass is 248 g/mol. The first-order chi connectivity index (χ1) is 7.33. The van der Waals surface area contributed by atoms with Gasteiger partial charge < -0.3 is 9.47 Å². The van der Waals surface area contributed by atoms with Crippen LogP contribution in [0.1, 0.15) is 10.9 Å². The van der Waals surface area contributed by atoms with Crippen molar-refractivity contribution in [3.05, 3.63) is 21.3 Å². The maximum absolute atomic E-state index is 6.05. The van der Waals surface area contributed by atoms with Crippen molar-refractivity contribution in [2.75, 3.05) is 19.8 Å². The van der Waals surface area contributed by atoms with Crippen LogP contribution in [0.25, 0.3) is 0 Å². The van der Waals surface area contributed by atoms with Crippen LogP contribution in [0.4, 0.5) is 0 Å². The molecule has 3 N–H and O–H groups in total. The molecule has 15 heavy (non-hydrogen) atoms. The van der Waals surface area contributed by atoms with E-state index < -0.39 is 0 Å². The Morgan fingerprint density at radius 3 is 3.00 bits per heavy atom. The van der Waals surface area contributed by atoms with Crippen molar-refractivity contribution in [2.24, 2.45) is 5.84 Å². The van der Waals surface area contributed by atoms with Gasteiger partial charge in [0.2, 0.25) is 0 Å². The zero-order chi connectivity index (χ0) is 10.7. The Balaban J connectivity index is 2.12. The molecule has 0 aromatic carbocycles. The Morgan fingerprint density at radius 1 is 1.60 bits per heavy atom. The van der Waals surface area contributed by atoms with E-state index in [1.807, 2.05) is 11.4 Å². The smallest absolute Gasteiger partial charge is 0.102 e. The van der Waals surface area contributed by atoms with E-state index in [0.717, 1.165) is 9.90 Å². The normalized spacial score (nSPS) is 24.0. The van der Waals surface area contributed by atoms with Gasteiger partial charge >= 0.3 is 0 Å². The lowest BCUT2D eigenvalue weighted by Gasteiger charge is -2.29. The van der Waals surface area contributed by atoms with E-state index in [2.05, 4.69) is 5.43 Å². The molecular formula is C9H13ClN2O2S. The molecule has 4 nitrogen and oxygen atoms in total. The lowest BCUT2D eigenvalue weighted by molar-refractivity contribution is -0.102. The average molecular weight is 249 g/mol. The van der Waals surface area contributed by atoms with Crippen molar-refractivity contribution >= 4 is 22.9 Å². The molecule has 1 aromatic rings. The summed E-state index contributed by atoms with van der Waals surface area (Å²) in [5, 5.41) is 2.66. The van der Waals surface area contributed by atoms with E-state index in [1.54, 1.807) is 11.3 Å². The number of ether oxygens (including phenoxy) is 2. The summed E-state index contributed by atoms with van der Waals surface area (Å²) in [4.78, 5) is 0.995. The molecule has 2 atom stereocenters. The van der Waals surface area contributed by atoms with E-state index in [0.29, 0.717) is 19.8 Å². The number of thiophene rings is 1. The second-order valence-corrected chi connectivity index (χ2v) is 4.62. The van der Waals surface area contributed by atoms with Gasteiger partial charge in [-0.2, -0.15) is 0 Å². The highest BCUT2D eigenvalue weighted by molar-refractivity contribution is 7.10. The molecule has 2 rings (SSSR count). The second-order valence-electron chi connectivity index (χ2n) is 3.26. The standard InChI is InChI=1S/C9H13ClN2O2S/c10-6-1-4-15-9(6)8(12-11)7-5-13-2-3-14-7/h1,4,7-8,12H,2-3,5,11H2. The van der Waals surface area contributed by atoms with E-state index >= 15 is 0 Å².